The fourth-order valence-corrected chi connectivity index (χ4v) is 2.89. The maximum absolute atomic E-state index is 13.3. The van der Waals surface area contributed by atoms with E-state index in [4.69, 9.17) is 5.73 Å². The van der Waals surface area contributed by atoms with E-state index in [0.717, 1.165) is 15.7 Å². The van der Waals surface area contributed by atoms with Crippen molar-refractivity contribution in [2.75, 3.05) is 0 Å². The average molecular weight is 474 g/mol. The zero-order valence-electron chi connectivity index (χ0n) is 10.4. The molecule has 0 spiro atoms. The minimum atomic E-state index is -4.75. The molecule has 0 saturated carbocycles. The molecule has 0 bridgehead atoms. The van der Waals surface area contributed by atoms with Crippen molar-refractivity contribution in [1.29, 1.82) is 0 Å². The molecule has 0 radical (unpaired) electrons. The summed E-state index contributed by atoms with van der Waals surface area (Å²) in [5.74, 6) is -1.31. The molecule has 112 valence electrons. The second-order valence-corrected chi connectivity index (χ2v) is 6.48. The van der Waals surface area contributed by atoms with Gasteiger partial charge in [0.25, 0.3) is 0 Å². The Morgan fingerprint density at radius 1 is 1.10 bits per heavy atom. The number of benzene rings is 2. The highest BCUT2D eigenvalue weighted by Crippen LogP contribution is 2.35. The topological polar surface area (TPSA) is 26.0 Å². The van der Waals surface area contributed by atoms with Gasteiger partial charge in [-0.25, -0.2) is 4.39 Å². The summed E-state index contributed by atoms with van der Waals surface area (Å²) >= 11 is 5.40. The first-order chi connectivity index (χ1) is 9.70. The van der Waals surface area contributed by atoms with Crippen LogP contribution in [0.15, 0.2) is 40.9 Å². The predicted molar refractivity (Wildman–Crippen MR) is 84.3 cm³/mol. The highest BCUT2D eigenvalue weighted by Gasteiger charge is 2.34. The molecule has 1 nitrogen and oxygen atoms in total. The largest absolute Gasteiger partial charge is 0.419 e. The molecule has 7 heteroatoms. The van der Waals surface area contributed by atoms with Crippen LogP contribution in [0.25, 0.3) is 0 Å². The summed E-state index contributed by atoms with van der Waals surface area (Å²) in [5, 5.41) is 0. The molecule has 2 rings (SSSR count). The lowest BCUT2D eigenvalue weighted by Gasteiger charge is -2.17. The third-order valence-electron chi connectivity index (χ3n) is 2.95. The van der Waals surface area contributed by atoms with Crippen molar-refractivity contribution in [1.82, 2.24) is 0 Å². The van der Waals surface area contributed by atoms with Crippen molar-refractivity contribution in [3.05, 3.63) is 66.9 Å². The Bertz CT molecular complexity index is 673. The van der Waals surface area contributed by atoms with Crippen LogP contribution in [0.4, 0.5) is 17.6 Å². The number of hydrogen-bond donors (Lipinski definition) is 1. The zero-order valence-corrected chi connectivity index (χ0v) is 14.1. The van der Waals surface area contributed by atoms with Crippen molar-refractivity contribution in [3.63, 3.8) is 0 Å². The van der Waals surface area contributed by atoms with Gasteiger partial charge >= 0.3 is 6.18 Å². The Balaban J connectivity index is 2.49. The second kappa shape index (κ2) is 6.21. The third kappa shape index (κ3) is 3.75. The minimum Gasteiger partial charge on any atom is -0.320 e. The third-order valence-corrected chi connectivity index (χ3v) is 4.34. The van der Waals surface area contributed by atoms with Gasteiger partial charge in [-0.05, 0) is 64.0 Å². The van der Waals surface area contributed by atoms with Crippen LogP contribution in [0.5, 0.6) is 0 Å². The van der Waals surface area contributed by atoms with E-state index in [-0.39, 0.29) is 5.56 Å². The van der Waals surface area contributed by atoms with E-state index in [1.165, 1.54) is 6.07 Å². The molecule has 21 heavy (non-hydrogen) atoms. The quantitative estimate of drug-likeness (QED) is 0.467. The Hall–Kier alpha value is -0.670. The molecule has 1 atom stereocenters. The highest BCUT2D eigenvalue weighted by atomic mass is 127. The van der Waals surface area contributed by atoms with E-state index in [2.05, 4.69) is 38.5 Å². The molecular formula is C14H9BrF4IN. The van der Waals surface area contributed by atoms with Gasteiger partial charge in [0.2, 0.25) is 0 Å². The van der Waals surface area contributed by atoms with Crippen LogP contribution in [-0.4, -0.2) is 0 Å². The maximum Gasteiger partial charge on any atom is 0.419 e. The van der Waals surface area contributed by atoms with Crippen molar-refractivity contribution in [3.8, 4) is 0 Å². The van der Waals surface area contributed by atoms with Crippen LogP contribution in [0.1, 0.15) is 22.7 Å². The molecule has 0 heterocycles. The van der Waals surface area contributed by atoms with E-state index in [1.807, 2.05) is 6.07 Å². The van der Waals surface area contributed by atoms with Crippen LogP contribution >= 0.6 is 38.5 Å². The van der Waals surface area contributed by atoms with Crippen molar-refractivity contribution < 1.29 is 17.6 Å². The Morgan fingerprint density at radius 3 is 2.38 bits per heavy atom. The van der Waals surface area contributed by atoms with E-state index in [1.54, 1.807) is 12.1 Å². The summed E-state index contributed by atoms with van der Waals surface area (Å²) in [5.41, 5.74) is 5.56. The van der Waals surface area contributed by atoms with Crippen molar-refractivity contribution >= 4 is 38.5 Å². The summed E-state index contributed by atoms with van der Waals surface area (Å²) in [6.45, 7) is 0. The van der Waals surface area contributed by atoms with Gasteiger partial charge in [0, 0.05) is 8.04 Å². The van der Waals surface area contributed by atoms with E-state index >= 15 is 0 Å². The normalized spacial score (nSPS) is 13.3. The molecule has 0 aliphatic carbocycles. The lowest BCUT2D eigenvalue weighted by Crippen LogP contribution is -2.15. The first kappa shape index (κ1) is 16.7. The molecule has 0 aromatic heterocycles. The van der Waals surface area contributed by atoms with Crippen LogP contribution in [0.2, 0.25) is 0 Å². The summed E-state index contributed by atoms with van der Waals surface area (Å²) < 4.78 is 53.1. The number of hydrogen-bond acceptors (Lipinski definition) is 1. The molecule has 0 fully saturated rings. The molecule has 0 saturated heterocycles. The molecular weight excluding hydrogens is 465 g/mol. The molecule has 0 amide bonds. The first-order valence-corrected chi connectivity index (χ1v) is 7.64. The molecule has 2 aromatic carbocycles. The molecule has 2 aromatic rings. The molecule has 0 aliphatic rings. The Kier molecular flexibility index (Phi) is 4.94. The number of nitrogens with two attached hydrogens (primary N) is 1. The number of rotatable bonds is 2. The molecule has 1 unspecified atom stereocenters. The summed E-state index contributed by atoms with van der Waals surface area (Å²) in [7, 11) is 0. The molecule has 2 N–H and O–H groups in total. The fraction of sp³-hybridized carbons (Fsp3) is 0.143. The summed E-state index contributed by atoms with van der Waals surface area (Å²) in [6.07, 6.45) is -4.75. The smallest absolute Gasteiger partial charge is 0.320 e. The lowest BCUT2D eigenvalue weighted by molar-refractivity contribution is -0.140. The standard InChI is InChI=1S/C14H9BrF4IN/c15-11-3-2-8(20)6-9(11)13(21)7-1-4-12(16)10(5-7)14(17,18)19/h1-6,13H,21H2. The highest BCUT2D eigenvalue weighted by molar-refractivity contribution is 14.1. The number of halogens is 6. The van der Waals surface area contributed by atoms with E-state index < -0.39 is 23.6 Å². The maximum atomic E-state index is 13.3. The summed E-state index contributed by atoms with van der Waals surface area (Å²) in [4.78, 5) is 0. The molecule has 0 aliphatic heterocycles. The van der Waals surface area contributed by atoms with Gasteiger partial charge < -0.3 is 5.73 Å². The fourth-order valence-electron chi connectivity index (χ4n) is 1.89. The second-order valence-electron chi connectivity index (χ2n) is 4.38. The van der Waals surface area contributed by atoms with Gasteiger partial charge in [-0.3, -0.25) is 0 Å². The Morgan fingerprint density at radius 2 is 1.76 bits per heavy atom. The Labute approximate surface area is 140 Å². The van der Waals surface area contributed by atoms with Gasteiger partial charge in [-0.2, -0.15) is 13.2 Å². The van der Waals surface area contributed by atoms with Gasteiger partial charge in [0.15, 0.2) is 0 Å². The van der Waals surface area contributed by atoms with Crippen LogP contribution in [0.3, 0.4) is 0 Å². The van der Waals surface area contributed by atoms with Gasteiger partial charge in [-0.1, -0.05) is 22.0 Å². The first-order valence-electron chi connectivity index (χ1n) is 5.77. The predicted octanol–water partition coefficient (Wildman–Crippen LogP) is 5.26. The van der Waals surface area contributed by atoms with Crippen LogP contribution in [-0.2, 0) is 6.18 Å². The lowest BCUT2D eigenvalue weighted by atomic mass is 9.97. The van der Waals surface area contributed by atoms with Crippen LogP contribution in [0, 0.1) is 9.39 Å². The monoisotopic (exact) mass is 473 g/mol. The van der Waals surface area contributed by atoms with Crippen molar-refractivity contribution in [2.45, 2.75) is 12.2 Å². The minimum absolute atomic E-state index is 0.200. The van der Waals surface area contributed by atoms with E-state index in [0.29, 0.717) is 10.0 Å². The summed E-state index contributed by atoms with van der Waals surface area (Å²) in [6, 6.07) is 7.41. The van der Waals surface area contributed by atoms with E-state index in [9.17, 15) is 17.6 Å². The van der Waals surface area contributed by atoms with Crippen LogP contribution < -0.4 is 5.73 Å². The van der Waals surface area contributed by atoms with Gasteiger partial charge in [0.05, 0.1) is 11.6 Å². The number of alkyl halides is 3. The SMILES string of the molecule is NC(c1ccc(F)c(C(F)(F)F)c1)c1cc(I)ccc1Br. The van der Waals surface area contributed by atoms with Gasteiger partial charge in [0.1, 0.15) is 5.82 Å². The zero-order chi connectivity index (χ0) is 15.8. The van der Waals surface area contributed by atoms with Crippen molar-refractivity contribution in [2.24, 2.45) is 5.73 Å². The van der Waals surface area contributed by atoms with Gasteiger partial charge in [-0.15, -0.1) is 0 Å². The average Bonchev–Trinajstić information content (AvgIpc) is 2.40.